The third kappa shape index (κ3) is 4.80. The quantitative estimate of drug-likeness (QED) is 0.926. The van der Waals surface area contributed by atoms with Gasteiger partial charge in [-0.1, -0.05) is 23.7 Å². The average molecular weight is 316 g/mol. The normalized spacial score (nSPS) is 18.6. The predicted molar refractivity (Wildman–Crippen MR) is 79.3 cm³/mol. The summed E-state index contributed by atoms with van der Waals surface area (Å²) < 4.78 is 22.6. The van der Waals surface area contributed by atoms with Crippen LogP contribution in [0.5, 0.6) is 0 Å². The van der Waals surface area contributed by atoms with Gasteiger partial charge >= 0.3 is 0 Å². The molecular weight excluding hydrogens is 298 g/mol. The molecule has 6 heteroatoms. The first-order valence-corrected chi connectivity index (χ1v) is 8.86. The van der Waals surface area contributed by atoms with Crippen molar-refractivity contribution in [3.8, 4) is 0 Å². The highest BCUT2D eigenvalue weighted by molar-refractivity contribution is 7.91. The van der Waals surface area contributed by atoms with Crippen LogP contribution in [0, 0.1) is 5.92 Å². The zero-order valence-electron chi connectivity index (χ0n) is 11.1. The third-order valence-electron chi connectivity index (χ3n) is 3.55. The minimum Gasteiger partial charge on any atom is -0.352 e. The second kappa shape index (κ2) is 6.59. The molecule has 1 fully saturated rings. The number of benzene rings is 1. The van der Waals surface area contributed by atoms with Crippen LogP contribution in [0.25, 0.3) is 0 Å². The SMILES string of the molecule is O=C(CC1CCS(=O)(=O)CC1)NCc1ccc(Cl)cc1. The summed E-state index contributed by atoms with van der Waals surface area (Å²) in [6, 6.07) is 7.32. The van der Waals surface area contributed by atoms with E-state index in [4.69, 9.17) is 11.6 Å². The van der Waals surface area contributed by atoms with E-state index in [1.165, 1.54) is 0 Å². The number of nitrogens with one attached hydrogen (secondary N) is 1. The van der Waals surface area contributed by atoms with Crippen molar-refractivity contribution in [1.82, 2.24) is 5.32 Å². The van der Waals surface area contributed by atoms with Crippen LogP contribution in [0.3, 0.4) is 0 Å². The van der Waals surface area contributed by atoms with Crippen molar-refractivity contribution in [3.63, 3.8) is 0 Å². The number of halogens is 1. The molecule has 1 heterocycles. The third-order valence-corrected chi connectivity index (χ3v) is 5.52. The molecule has 1 N–H and O–H groups in total. The second-order valence-electron chi connectivity index (χ2n) is 5.20. The molecule has 2 rings (SSSR count). The highest BCUT2D eigenvalue weighted by Crippen LogP contribution is 2.21. The van der Waals surface area contributed by atoms with E-state index in [2.05, 4.69) is 5.32 Å². The molecule has 1 aromatic rings. The van der Waals surface area contributed by atoms with E-state index < -0.39 is 9.84 Å². The molecule has 4 nitrogen and oxygen atoms in total. The van der Waals surface area contributed by atoms with Crippen LogP contribution in [0.2, 0.25) is 5.02 Å². The Hall–Kier alpha value is -1.07. The molecule has 0 bridgehead atoms. The first-order chi connectivity index (χ1) is 9.44. The highest BCUT2D eigenvalue weighted by atomic mass is 35.5. The number of hydrogen-bond acceptors (Lipinski definition) is 3. The lowest BCUT2D eigenvalue weighted by molar-refractivity contribution is -0.122. The molecule has 1 aliphatic rings. The Balaban J connectivity index is 1.74. The molecule has 0 aliphatic carbocycles. The number of carbonyl (C=O) groups excluding carboxylic acids is 1. The monoisotopic (exact) mass is 315 g/mol. The molecule has 0 aromatic heterocycles. The molecule has 110 valence electrons. The number of carbonyl (C=O) groups is 1. The molecule has 1 amide bonds. The molecular formula is C14H18ClNO3S. The van der Waals surface area contributed by atoms with E-state index in [9.17, 15) is 13.2 Å². The summed E-state index contributed by atoms with van der Waals surface area (Å²) in [6.07, 6.45) is 1.59. The van der Waals surface area contributed by atoms with Crippen molar-refractivity contribution < 1.29 is 13.2 Å². The minimum absolute atomic E-state index is 0.0238. The Bertz CT molecular complexity index is 555. The zero-order valence-corrected chi connectivity index (χ0v) is 12.7. The van der Waals surface area contributed by atoms with Gasteiger partial charge in [0.1, 0.15) is 9.84 Å². The first-order valence-electron chi connectivity index (χ1n) is 6.66. The zero-order chi connectivity index (χ0) is 14.6. The van der Waals surface area contributed by atoms with E-state index in [0.717, 1.165) is 5.56 Å². The van der Waals surface area contributed by atoms with Gasteiger partial charge in [0.05, 0.1) is 11.5 Å². The first kappa shape index (κ1) is 15.3. The van der Waals surface area contributed by atoms with Crippen LogP contribution in [-0.4, -0.2) is 25.8 Å². The fraction of sp³-hybridized carbons (Fsp3) is 0.500. The van der Waals surface area contributed by atoms with Crippen molar-refractivity contribution in [2.45, 2.75) is 25.8 Å². The van der Waals surface area contributed by atoms with Crippen LogP contribution in [0.15, 0.2) is 24.3 Å². The van der Waals surface area contributed by atoms with E-state index in [0.29, 0.717) is 30.8 Å². The Morgan fingerprint density at radius 2 is 1.80 bits per heavy atom. The van der Waals surface area contributed by atoms with Gasteiger partial charge in [0.25, 0.3) is 0 Å². The van der Waals surface area contributed by atoms with Crippen molar-refractivity contribution in [2.75, 3.05) is 11.5 Å². The Kier molecular flexibility index (Phi) is 5.05. The lowest BCUT2D eigenvalue weighted by Gasteiger charge is -2.21. The summed E-state index contributed by atoms with van der Waals surface area (Å²) in [4.78, 5) is 11.8. The van der Waals surface area contributed by atoms with Crippen LogP contribution in [0.1, 0.15) is 24.8 Å². The molecule has 1 aliphatic heterocycles. The summed E-state index contributed by atoms with van der Waals surface area (Å²) >= 11 is 5.79. The lowest BCUT2D eigenvalue weighted by atomic mass is 9.98. The molecule has 0 saturated carbocycles. The van der Waals surface area contributed by atoms with E-state index in [1.807, 2.05) is 12.1 Å². The van der Waals surface area contributed by atoms with Crippen molar-refractivity contribution in [1.29, 1.82) is 0 Å². The summed E-state index contributed by atoms with van der Waals surface area (Å²) in [7, 11) is -2.86. The minimum atomic E-state index is -2.86. The van der Waals surface area contributed by atoms with Gasteiger partial charge in [-0.3, -0.25) is 4.79 Å². The molecule has 1 saturated heterocycles. The number of amides is 1. The van der Waals surface area contributed by atoms with Gasteiger partial charge < -0.3 is 5.32 Å². The van der Waals surface area contributed by atoms with Crippen LogP contribution in [-0.2, 0) is 21.2 Å². The topological polar surface area (TPSA) is 63.2 Å². The standard InChI is InChI=1S/C14H18ClNO3S/c15-13-3-1-12(2-4-13)10-16-14(17)9-11-5-7-20(18,19)8-6-11/h1-4,11H,5-10H2,(H,16,17). The van der Waals surface area contributed by atoms with Gasteiger partial charge in [0.15, 0.2) is 0 Å². The van der Waals surface area contributed by atoms with Gasteiger partial charge in [0, 0.05) is 18.0 Å². The average Bonchev–Trinajstić information content (AvgIpc) is 2.41. The molecule has 0 radical (unpaired) electrons. The summed E-state index contributed by atoms with van der Waals surface area (Å²) in [5.74, 6) is 0.581. The molecule has 0 unspecified atom stereocenters. The van der Waals surface area contributed by atoms with Gasteiger partial charge in [-0.05, 0) is 36.5 Å². The van der Waals surface area contributed by atoms with Gasteiger partial charge in [-0.2, -0.15) is 0 Å². The van der Waals surface area contributed by atoms with Gasteiger partial charge in [-0.15, -0.1) is 0 Å². The van der Waals surface area contributed by atoms with Crippen molar-refractivity contribution >= 4 is 27.3 Å². The van der Waals surface area contributed by atoms with Crippen molar-refractivity contribution in [3.05, 3.63) is 34.9 Å². The van der Waals surface area contributed by atoms with Crippen LogP contribution >= 0.6 is 11.6 Å². The summed E-state index contributed by atoms with van der Waals surface area (Å²) in [6.45, 7) is 0.473. The maximum absolute atomic E-state index is 11.8. The van der Waals surface area contributed by atoms with Gasteiger partial charge in [0.2, 0.25) is 5.91 Å². The number of hydrogen-bond donors (Lipinski definition) is 1. The smallest absolute Gasteiger partial charge is 0.220 e. The lowest BCUT2D eigenvalue weighted by Crippen LogP contribution is -2.29. The molecule has 0 atom stereocenters. The predicted octanol–water partition coefficient (Wildman–Crippen LogP) is 2.17. The largest absolute Gasteiger partial charge is 0.352 e. The second-order valence-corrected chi connectivity index (χ2v) is 7.94. The number of rotatable bonds is 4. The Morgan fingerprint density at radius 1 is 1.20 bits per heavy atom. The summed E-state index contributed by atoms with van der Waals surface area (Å²) in [5, 5.41) is 3.52. The molecule has 0 spiro atoms. The van der Waals surface area contributed by atoms with Gasteiger partial charge in [-0.25, -0.2) is 8.42 Å². The molecule has 1 aromatic carbocycles. The maximum atomic E-state index is 11.8. The van der Waals surface area contributed by atoms with E-state index >= 15 is 0 Å². The molecule has 20 heavy (non-hydrogen) atoms. The van der Waals surface area contributed by atoms with Crippen LogP contribution < -0.4 is 5.32 Å². The number of sulfone groups is 1. The van der Waals surface area contributed by atoms with Crippen molar-refractivity contribution in [2.24, 2.45) is 5.92 Å². The maximum Gasteiger partial charge on any atom is 0.220 e. The van der Waals surface area contributed by atoms with E-state index in [-0.39, 0.29) is 23.3 Å². The van der Waals surface area contributed by atoms with E-state index in [1.54, 1.807) is 12.1 Å². The fourth-order valence-electron chi connectivity index (χ4n) is 2.28. The van der Waals surface area contributed by atoms with Crippen LogP contribution in [0.4, 0.5) is 0 Å². The highest BCUT2D eigenvalue weighted by Gasteiger charge is 2.25. The Labute approximate surface area is 124 Å². The Morgan fingerprint density at radius 3 is 2.40 bits per heavy atom. The fourth-order valence-corrected chi connectivity index (χ4v) is 4.00. The summed E-state index contributed by atoms with van der Waals surface area (Å²) in [5.41, 5.74) is 0.994.